The predicted molar refractivity (Wildman–Crippen MR) is 107 cm³/mol. The number of halogens is 1. The lowest BCUT2D eigenvalue weighted by molar-refractivity contribution is -0.131. The lowest BCUT2D eigenvalue weighted by atomic mass is 9.83. The van der Waals surface area contributed by atoms with E-state index in [4.69, 9.17) is 16.3 Å². The molecule has 0 aromatic heterocycles. The third-order valence-corrected chi connectivity index (χ3v) is 5.86. The van der Waals surface area contributed by atoms with E-state index in [0.29, 0.717) is 18.2 Å². The first-order valence-electron chi connectivity index (χ1n) is 9.45. The zero-order valence-corrected chi connectivity index (χ0v) is 16.4. The number of carbonyl (C=O) groups excluding carboxylic acids is 1. The minimum Gasteiger partial charge on any atom is -0.508 e. The summed E-state index contributed by atoms with van der Waals surface area (Å²) in [5, 5.41) is 11.0. The first-order chi connectivity index (χ1) is 13.6. The minimum atomic E-state index is -0.365. The van der Waals surface area contributed by atoms with Crippen LogP contribution < -0.4 is 10.9 Å². The SMILES string of the molecule is COCCCN1C(=O)C2NNC(c3ccccc3O)C2C1c1cccc(Cl)c1. The number of hydrogen-bond donors (Lipinski definition) is 3. The first-order valence-corrected chi connectivity index (χ1v) is 9.83. The van der Waals surface area contributed by atoms with Crippen molar-refractivity contribution in [1.29, 1.82) is 0 Å². The number of para-hydroxylation sites is 1. The molecule has 6 nitrogen and oxygen atoms in total. The summed E-state index contributed by atoms with van der Waals surface area (Å²) >= 11 is 6.26. The molecule has 1 amide bonds. The van der Waals surface area contributed by atoms with Gasteiger partial charge in [0.2, 0.25) is 5.91 Å². The highest BCUT2D eigenvalue weighted by molar-refractivity contribution is 6.30. The molecule has 2 aliphatic heterocycles. The van der Waals surface area contributed by atoms with Gasteiger partial charge < -0.3 is 14.7 Å². The van der Waals surface area contributed by atoms with Gasteiger partial charge in [-0.1, -0.05) is 41.9 Å². The van der Waals surface area contributed by atoms with Crippen molar-refractivity contribution in [2.45, 2.75) is 24.5 Å². The lowest BCUT2D eigenvalue weighted by Crippen LogP contribution is -2.41. The summed E-state index contributed by atoms with van der Waals surface area (Å²) in [7, 11) is 1.66. The summed E-state index contributed by atoms with van der Waals surface area (Å²) in [6, 6.07) is 14.2. The van der Waals surface area contributed by atoms with E-state index in [1.165, 1.54) is 0 Å². The number of nitrogens with zero attached hydrogens (tertiary/aromatic N) is 1. The third kappa shape index (κ3) is 3.37. The van der Waals surface area contributed by atoms with Gasteiger partial charge in [-0.05, 0) is 30.2 Å². The summed E-state index contributed by atoms with van der Waals surface area (Å²) < 4.78 is 5.18. The van der Waals surface area contributed by atoms with E-state index in [2.05, 4.69) is 10.9 Å². The van der Waals surface area contributed by atoms with Crippen LogP contribution in [0.2, 0.25) is 5.02 Å². The molecule has 2 aliphatic rings. The molecule has 4 unspecified atom stereocenters. The van der Waals surface area contributed by atoms with Gasteiger partial charge in [-0.2, -0.15) is 0 Å². The standard InChI is InChI=1S/C21H24ClN3O3/c1-28-11-5-10-25-20(13-6-4-7-14(22)12-13)17-18(23-24-19(17)21(25)27)15-8-2-3-9-16(15)26/h2-4,6-9,12,17-20,23-24,26H,5,10-11H2,1H3. The van der Waals surface area contributed by atoms with E-state index < -0.39 is 0 Å². The molecule has 2 fully saturated rings. The van der Waals surface area contributed by atoms with Crippen LogP contribution in [0.3, 0.4) is 0 Å². The number of methoxy groups -OCH3 is 1. The van der Waals surface area contributed by atoms with Gasteiger partial charge in [0.1, 0.15) is 11.8 Å². The van der Waals surface area contributed by atoms with E-state index in [1.54, 1.807) is 19.2 Å². The Morgan fingerprint density at radius 1 is 1.14 bits per heavy atom. The number of phenolic OH excluding ortho intramolecular Hbond substituents is 1. The number of benzene rings is 2. The number of phenols is 1. The van der Waals surface area contributed by atoms with Crippen LogP contribution in [0.4, 0.5) is 0 Å². The average molecular weight is 402 g/mol. The lowest BCUT2D eigenvalue weighted by Gasteiger charge is -2.31. The van der Waals surface area contributed by atoms with Gasteiger partial charge in [0.05, 0.1) is 12.1 Å². The minimum absolute atomic E-state index is 0.0523. The molecule has 4 rings (SSSR count). The van der Waals surface area contributed by atoms with Crippen LogP contribution in [0, 0.1) is 5.92 Å². The van der Waals surface area contributed by atoms with E-state index in [9.17, 15) is 9.90 Å². The number of ether oxygens (including phenoxy) is 1. The highest BCUT2D eigenvalue weighted by Crippen LogP contribution is 2.48. The van der Waals surface area contributed by atoms with Crippen LogP contribution in [-0.4, -0.2) is 42.2 Å². The third-order valence-electron chi connectivity index (χ3n) is 5.62. The van der Waals surface area contributed by atoms with Crippen LogP contribution in [0.1, 0.15) is 29.6 Å². The molecule has 2 aromatic carbocycles. The maximum Gasteiger partial charge on any atom is 0.242 e. The number of amides is 1. The van der Waals surface area contributed by atoms with Crippen LogP contribution in [0.25, 0.3) is 0 Å². The van der Waals surface area contributed by atoms with Gasteiger partial charge in [0, 0.05) is 36.8 Å². The average Bonchev–Trinajstić information content (AvgIpc) is 3.22. The molecule has 0 saturated carbocycles. The Labute approximate surface area is 169 Å². The highest BCUT2D eigenvalue weighted by atomic mass is 35.5. The molecule has 0 radical (unpaired) electrons. The molecule has 0 spiro atoms. The molecule has 4 atom stereocenters. The van der Waals surface area contributed by atoms with Gasteiger partial charge in [0.15, 0.2) is 0 Å². The number of likely N-dealkylation sites (tertiary alicyclic amines) is 1. The fourth-order valence-corrected chi connectivity index (χ4v) is 4.63. The Morgan fingerprint density at radius 3 is 2.68 bits per heavy atom. The number of carbonyl (C=O) groups is 1. The molecule has 148 valence electrons. The molecule has 0 aliphatic carbocycles. The molecular weight excluding hydrogens is 378 g/mol. The van der Waals surface area contributed by atoms with E-state index in [0.717, 1.165) is 17.5 Å². The number of nitrogens with one attached hydrogen (secondary N) is 2. The molecule has 2 saturated heterocycles. The van der Waals surface area contributed by atoms with Gasteiger partial charge in [-0.15, -0.1) is 0 Å². The molecule has 2 aromatic rings. The summed E-state index contributed by atoms with van der Waals surface area (Å²) in [4.78, 5) is 15.1. The molecule has 28 heavy (non-hydrogen) atoms. The van der Waals surface area contributed by atoms with Gasteiger partial charge in [-0.25, -0.2) is 10.9 Å². The molecule has 3 N–H and O–H groups in total. The maximum atomic E-state index is 13.2. The zero-order valence-electron chi connectivity index (χ0n) is 15.6. The normalized spacial score (nSPS) is 26.6. The van der Waals surface area contributed by atoms with Crippen molar-refractivity contribution in [2.75, 3.05) is 20.3 Å². The van der Waals surface area contributed by atoms with Crippen LogP contribution in [-0.2, 0) is 9.53 Å². The maximum absolute atomic E-state index is 13.2. The number of hydrogen-bond acceptors (Lipinski definition) is 5. The quantitative estimate of drug-likeness (QED) is 0.649. The fourth-order valence-electron chi connectivity index (χ4n) is 4.44. The summed E-state index contributed by atoms with van der Waals surface area (Å²) in [6.07, 6.45) is 0.757. The fraction of sp³-hybridized carbons (Fsp3) is 0.381. The molecule has 2 heterocycles. The van der Waals surface area contributed by atoms with Crippen molar-refractivity contribution >= 4 is 17.5 Å². The summed E-state index contributed by atoms with van der Waals surface area (Å²) in [5.74, 6) is 0.191. The van der Waals surface area contributed by atoms with Crippen LogP contribution in [0.15, 0.2) is 48.5 Å². The monoisotopic (exact) mass is 401 g/mol. The second kappa shape index (κ2) is 8.09. The first kappa shape index (κ1) is 19.2. The van der Waals surface area contributed by atoms with Gasteiger partial charge >= 0.3 is 0 Å². The summed E-state index contributed by atoms with van der Waals surface area (Å²) in [5.41, 5.74) is 8.17. The number of aromatic hydroxyl groups is 1. The van der Waals surface area contributed by atoms with E-state index in [-0.39, 0.29) is 35.7 Å². The molecular formula is C21H24ClN3O3. The van der Waals surface area contributed by atoms with Crippen molar-refractivity contribution in [3.8, 4) is 5.75 Å². The van der Waals surface area contributed by atoms with Crippen molar-refractivity contribution in [2.24, 2.45) is 5.92 Å². The van der Waals surface area contributed by atoms with Crippen molar-refractivity contribution in [3.05, 3.63) is 64.7 Å². The highest BCUT2D eigenvalue weighted by Gasteiger charge is 2.55. The van der Waals surface area contributed by atoms with Crippen molar-refractivity contribution in [1.82, 2.24) is 15.8 Å². The molecule has 0 bridgehead atoms. The molecule has 7 heteroatoms. The zero-order chi connectivity index (χ0) is 19.7. The van der Waals surface area contributed by atoms with Crippen LogP contribution in [0.5, 0.6) is 5.75 Å². The Kier molecular flexibility index (Phi) is 5.55. The summed E-state index contributed by atoms with van der Waals surface area (Å²) in [6.45, 7) is 1.20. The smallest absolute Gasteiger partial charge is 0.242 e. The second-order valence-electron chi connectivity index (χ2n) is 7.26. The van der Waals surface area contributed by atoms with Crippen LogP contribution >= 0.6 is 11.6 Å². The van der Waals surface area contributed by atoms with Crippen molar-refractivity contribution < 1.29 is 14.6 Å². The Bertz CT molecular complexity index is 862. The van der Waals surface area contributed by atoms with Crippen molar-refractivity contribution in [3.63, 3.8) is 0 Å². The Balaban J connectivity index is 1.74. The van der Waals surface area contributed by atoms with E-state index >= 15 is 0 Å². The Morgan fingerprint density at radius 2 is 1.93 bits per heavy atom. The number of rotatable bonds is 6. The Hall–Kier alpha value is -2.12. The van der Waals surface area contributed by atoms with Gasteiger partial charge in [0.25, 0.3) is 0 Å². The largest absolute Gasteiger partial charge is 0.508 e. The topological polar surface area (TPSA) is 73.8 Å². The van der Waals surface area contributed by atoms with Gasteiger partial charge in [-0.3, -0.25) is 4.79 Å². The van der Waals surface area contributed by atoms with E-state index in [1.807, 2.05) is 41.3 Å². The number of hydrazine groups is 1. The number of fused-ring (bicyclic) bond motifs is 1. The second-order valence-corrected chi connectivity index (χ2v) is 7.69. The predicted octanol–water partition coefficient (Wildman–Crippen LogP) is 2.80.